The molecule has 2 unspecified atom stereocenters. The molecule has 0 aromatic heterocycles. The third kappa shape index (κ3) is 2.97. The van der Waals surface area contributed by atoms with Gasteiger partial charge in [-0.05, 0) is 63.4 Å². The van der Waals surface area contributed by atoms with Gasteiger partial charge in [-0.3, -0.25) is 9.59 Å². The normalized spacial score (nSPS) is 26.5. The summed E-state index contributed by atoms with van der Waals surface area (Å²) in [6, 6.07) is 3.44. The van der Waals surface area contributed by atoms with Crippen LogP contribution in [0, 0.1) is 13.8 Å². The van der Waals surface area contributed by atoms with E-state index < -0.39 is 17.1 Å². The lowest BCUT2D eigenvalue weighted by Gasteiger charge is -2.44. The van der Waals surface area contributed by atoms with E-state index in [0.717, 1.165) is 11.1 Å². The predicted octanol–water partition coefficient (Wildman–Crippen LogP) is 1.99. The second-order valence-corrected chi connectivity index (χ2v) is 7.03. The van der Waals surface area contributed by atoms with Crippen molar-refractivity contribution in [3.63, 3.8) is 0 Å². The number of rotatable bonds is 4. The molecular formula is C18H25NO5. The van der Waals surface area contributed by atoms with Gasteiger partial charge in [0, 0.05) is 7.11 Å². The van der Waals surface area contributed by atoms with Gasteiger partial charge in [-0.25, -0.2) is 0 Å². The lowest BCUT2D eigenvalue weighted by atomic mass is 9.72. The minimum absolute atomic E-state index is 0.0845. The van der Waals surface area contributed by atoms with Crippen molar-refractivity contribution < 1.29 is 23.9 Å². The number of ether oxygens (including phenoxy) is 2. The quantitative estimate of drug-likeness (QED) is 0.669. The predicted molar refractivity (Wildman–Crippen MR) is 88.9 cm³/mol. The first-order chi connectivity index (χ1) is 11.1. The fraction of sp³-hybridized carbons (Fsp3) is 0.556. The molecule has 1 fully saturated rings. The average Bonchev–Trinajstić information content (AvgIpc) is 2.47. The molecule has 6 nitrogen and oxygen atoms in total. The number of hydrogen-bond acceptors (Lipinski definition) is 6. The molecule has 0 saturated carbocycles. The summed E-state index contributed by atoms with van der Waals surface area (Å²) >= 11 is 0. The van der Waals surface area contributed by atoms with E-state index in [1.54, 1.807) is 32.9 Å². The number of carbonyl (C=O) groups is 2. The van der Waals surface area contributed by atoms with Crippen molar-refractivity contribution in [1.82, 2.24) is 0 Å². The van der Waals surface area contributed by atoms with E-state index in [1.807, 2.05) is 13.8 Å². The maximum absolute atomic E-state index is 13.1. The summed E-state index contributed by atoms with van der Waals surface area (Å²) < 4.78 is 11.0. The number of aryl methyl sites for hydroxylation is 2. The Morgan fingerprint density at radius 2 is 1.67 bits per heavy atom. The van der Waals surface area contributed by atoms with Crippen LogP contribution in [0.3, 0.4) is 0 Å². The van der Waals surface area contributed by atoms with E-state index in [2.05, 4.69) is 0 Å². The van der Waals surface area contributed by atoms with E-state index in [-0.39, 0.29) is 18.2 Å². The smallest absolute Gasteiger partial charge is 0.181 e. The first kappa shape index (κ1) is 18.6. The fourth-order valence-corrected chi connectivity index (χ4v) is 3.53. The highest BCUT2D eigenvalue weighted by atomic mass is 16.6. The first-order valence-electron chi connectivity index (χ1n) is 7.83. The highest BCUT2D eigenvalue weighted by Gasteiger charge is 2.55. The van der Waals surface area contributed by atoms with Crippen LogP contribution >= 0.6 is 0 Å². The largest absolute Gasteiger partial charge is 0.412 e. The lowest BCUT2D eigenvalue weighted by Crippen LogP contribution is -2.61. The van der Waals surface area contributed by atoms with E-state index in [9.17, 15) is 9.59 Å². The van der Waals surface area contributed by atoms with Crippen molar-refractivity contribution in [2.24, 2.45) is 5.90 Å². The first-order valence-corrected chi connectivity index (χ1v) is 7.83. The Labute approximate surface area is 142 Å². The van der Waals surface area contributed by atoms with Gasteiger partial charge in [0.2, 0.25) is 0 Å². The molecular weight excluding hydrogens is 310 g/mol. The molecule has 1 aromatic carbocycles. The van der Waals surface area contributed by atoms with Gasteiger partial charge in [0.25, 0.3) is 0 Å². The maximum Gasteiger partial charge on any atom is 0.181 e. The highest BCUT2D eigenvalue weighted by Crippen LogP contribution is 2.41. The molecule has 0 amide bonds. The second-order valence-electron chi connectivity index (χ2n) is 7.03. The van der Waals surface area contributed by atoms with Gasteiger partial charge < -0.3 is 14.3 Å². The van der Waals surface area contributed by atoms with Gasteiger partial charge >= 0.3 is 0 Å². The van der Waals surface area contributed by atoms with E-state index in [1.165, 1.54) is 7.11 Å². The van der Waals surface area contributed by atoms with Crippen LogP contribution in [-0.2, 0) is 19.1 Å². The molecule has 0 bridgehead atoms. The van der Waals surface area contributed by atoms with Gasteiger partial charge in [-0.1, -0.05) is 0 Å². The zero-order chi connectivity index (χ0) is 18.3. The van der Waals surface area contributed by atoms with Crippen LogP contribution in [0.5, 0.6) is 5.75 Å². The summed E-state index contributed by atoms with van der Waals surface area (Å²) in [7, 11) is 1.50. The lowest BCUT2D eigenvalue weighted by molar-refractivity contribution is -0.195. The summed E-state index contributed by atoms with van der Waals surface area (Å²) in [5.41, 5.74) is -0.0317. The maximum atomic E-state index is 13.1. The van der Waals surface area contributed by atoms with Crippen LogP contribution in [0.4, 0.5) is 0 Å². The molecule has 6 heteroatoms. The van der Waals surface area contributed by atoms with Gasteiger partial charge in [0.15, 0.2) is 11.6 Å². The standard InChI is InChI=1S/C18H25NO5/c1-10-7-12(23-19)8-11(2)13(10)14-15(20)17(3,4)24-18(5,9-22-6)16(14)21/h7-8,14H,9,19H2,1-6H3. The molecule has 1 saturated heterocycles. The Hall–Kier alpha value is -1.76. The number of Topliss-reactive ketones (excluding diaryl/α,β-unsaturated/α-hetero) is 2. The summed E-state index contributed by atoms with van der Waals surface area (Å²) in [6.45, 7) is 8.79. The molecule has 132 valence electrons. The molecule has 24 heavy (non-hydrogen) atoms. The zero-order valence-electron chi connectivity index (χ0n) is 15.1. The number of carbonyl (C=O) groups excluding carboxylic acids is 2. The number of methoxy groups -OCH3 is 1. The van der Waals surface area contributed by atoms with Crippen LogP contribution in [0.25, 0.3) is 0 Å². The Bertz CT molecular complexity index is 659. The molecule has 0 radical (unpaired) electrons. The highest BCUT2D eigenvalue weighted by molar-refractivity contribution is 6.15. The zero-order valence-corrected chi connectivity index (χ0v) is 15.1. The minimum Gasteiger partial charge on any atom is -0.412 e. The summed E-state index contributed by atoms with van der Waals surface area (Å²) in [5, 5.41) is 0. The number of hydrogen-bond donors (Lipinski definition) is 1. The van der Waals surface area contributed by atoms with E-state index in [4.69, 9.17) is 20.2 Å². The van der Waals surface area contributed by atoms with Crippen molar-refractivity contribution in [1.29, 1.82) is 0 Å². The number of ketones is 2. The Morgan fingerprint density at radius 1 is 1.12 bits per heavy atom. The topological polar surface area (TPSA) is 87.8 Å². The monoisotopic (exact) mass is 335 g/mol. The molecule has 2 rings (SSSR count). The van der Waals surface area contributed by atoms with E-state index >= 15 is 0 Å². The van der Waals surface area contributed by atoms with Crippen molar-refractivity contribution >= 4 is 11.6 Å². The van der Waals surface area contributed by atoms with Crippen LogP contribution in [-0.4, -0.2) is 36.5 Å². The van der Waals surface area contributed by atoms with Crippen LogP contribution in [0.2, 0.25) is 0 Å². The molecule has 2 atom stereocenters. The number of nitrogens with two attached hydrogens (primary N) is 1. The van der Waals surface area contributed by atoms with E-state index in [0.29, 0.717) is 11.3 Å². The third-order valence-electron chi connectivity index (χ3n) is 4.53. The van der Waals surface area contributed by atoms with Crippen molar-refractivity contribution in [2.75, 3.05) is 13.7 Å². The van der Waals surface area contributed by atoms with Crippen LogP contribution < -0.4 is 10.7 Å². The molecule has 2 N–H and O–H groups in total. The summed E-state index contributed by atoms with van der Waals surface area (Å²) in [4.78, 5) is 30.9. The van der Waals surface area contributed by atoms with Gasteiger partial charge in [-0.2, -0.15) is 5.90 Å². The molecule has 1 aliphatic rings. The molecule has 1 heterocycles. The van der Waals surface area contributed by atoms with Crippen LogP contribution in [0.15, 0.2) is 12.1 Å². The molecule has 0 spiro atoms. The number of benzene rings is 1. The van der Waals surface area contributed by atoms with Crippen molar-refractivity contribution in [2.45, 2.75) is 51.7 Å². The van der Waals surface area contributed by atoms with Crippen LogP contribution in [0.1, 0.15) is 43.4 Å². The van der Waals surface area contributed by atoms with Gasteiger partial charge in [0.05, 0.1) is 6.61 Å². The Balaban J connectivity index is 2.62. The summed E-state index contributed by atoms with van der Waals surface area (Å²) in [5.74, 6) is 4.26. The third-order valence-corrected chi connectivity index (χ3v) is 4.53. The fourth-order valence-electron chi connectivity index (χ4n) is 3.53. The Morgan fingerprint density at radius 3 is 2.12 bits per heavy atom. The SMILES string of the molecule is COCC1(C)OC(C)(C)C(=O)C(c2c(C)cc(ON)cc2C)C1=O. The average molecular weight is 335 g/mol. The minimum atomic E-state index is -1.18. The molecule has 1 aliphatic heterocycles. The molecule has 1 aromatic rings. The van der Waals surface area contributed by atoms with Crippen molar-refractivity contribution in [3.05, 3.63) is 28.8 Å². The van der Waals surface area contributed by atoms with Gasteiger partial charge in [0.1, 0.15) is 22.9 Å². The van der Waals surface area contributed by atoms with Crippen molar-refractivity contribution in [3.8, 4) is 5.75 Å². The molecule has 0 aliphatic carbocycles. The second kappa shape index (κ2) is 6.27. The van der Waals surface area contributed by atoms with Gasteiger partial charge in [-0.15, -0.1) is 0 Å². The Kier molecular flexibility index (Phi) is 4.86. The summed E-state index contributed by atoms with van der Waals surface area (Å²) in [6.07, 6.45) is 0.